The Morgan fingerprint density at radius 3 is 2.32 bits per heavy atom. The first-order chi connectivity index (χ1) is 11.9. The van der Waals surface area contributed by atoms with Crippen molar-refractivity contribution in [2.45, 2.75) is 32.7 Å². The third-order valence-electron chi connectivity index (χ3n) is 3.96. The van der Waals surface area contributed by atoms with E-state index in [0.717, 1.165) is 11.1 Å². The Balaban J connectivity index is 1.98. The molecule has 0 fully saturated rings. The van der Waals surface area contributed by atoms with E-state index in [-0.39, 0.29) is 18.6 Å². The first-order valence-corrected chi connectivity index (χ1v) is 8.06. The Hall–Kier alpha value is -2.95. The van der Waals surface area contributed by atoms with Crippen LogP contribution >= 0.6 is 0 Å². The van der Waals surface area contributed by atoms with Gasteiger partial charge in [0, 0.05) is 18.4 Å². The van der Waals surface area contributed by atoms with Gasteiger partial charge in [0.15, 0.2) is 11.8 Å². The van der Waals surface area contributed by atoms with Gasteiger partial charge in [-0.25, -0.2) is 4.79 Å². The number of carbonyl (C=O) groups is 3. The largest absolute Gasteiger partial charge is 0.479 e. The minimum Gasteiger partial charge on any atom is -0.479 e. The van der Waals surface area contributed by atoms with Crippen molar-refractivity contribution in [1.29, 1.82) is 0 Å². The van der Waals surface area contributed by atoms with Gasteiger partial charge in [-0.1, -0.05) is 48.0 Å². The molecule has 0 spiro atoms. The summed E-state index contributed by atoms with van der Waals surface area (Å²) in [6.45, 7) is 3.75. The molecule has 2 rings (SSSR count). The van der Waals surface area contributed by atoms with Crippen molar-refractivity contribution in [2.75, 3.05) is 0 Å². The van der Waals surface area contributed by atoms with E-state index in [9.17, 15) is 19.5 Å². The van der Waals surface area contributed by atoms with Crippen molar-refractivity contribution in [3.05, 3.63) is 70.8 Å². The fraction of sp³-hybridized carbons (Fsp3) is 0.250. The lowest BCUT2D eigenvalue weighted by molar-refractivity contribution is -0.142. The number of carboxylic acids is 1. The lowest BCUT2D eigenvalue weighted by atomic mass is 9.99. The Labute approximate surface area is 146 Å². The number of carbonyl (C=O) groups excluding carboxylic acids is 2. The van der Waals surface area contributed by atoms with Gasteiger partial charge in [-0.15, -0.1) is 0 Å². The number of amides is 1. The van der Waals surface area contributed by atoms with Crippen molar-refractivity contribution in [1.82, 2.24) is 5.32 Å². The van der Waals surface area contributed by atoms with Crippen molar-refractivity contribution in [3.8, 4) is 0 Å². The first-order valence-electron chi connectivity index (χ1n) is 8.06. The number of benzene rings is 2. The van der Waals surface area contributed by atoms with E-state index >= 15 is 0 Å². The highest BCUT2D eigenvalue weighted by molar-refractivity contribution is 5.99. The third-order valence-corrected chi connectivity index (χ3v) is 3.96. The molecule has 2 aromatic carbocycles. The minimum atomic E-state index is -1.14. The van der Waals surface area contributed by atoms with Crippen LogP contribution in [0, 0.1) is 13.8 Å². The lowest BCUT2D eigenvalue weighted by Crippen LogP contribution is -2.33. The molecule has 0 unspecified atom stereocenters. The molecule has 2 N–H and O–H groups in total. The quantitative estimate of drug-likeness (QED) is 0.759. The van der Waals surface area contributed by atoms with Crippen LogP contribution in [0.25, 0.3) is 0 Å². The van der Waals surface area contributed by atoms with Crippen molar-refractivity contribution < 1.29 is 19.5 Å². The van der Waals surface area contributed by atoms with Crippen LogP contribution in [0.1, 0.15) is 45.9 Å². The van der Waals surface area contributed by atoms with Gasteiger partial charge < -0.3 is 10.4 Å². The molecule has 0 aliphatic rings. The number of Topliss-reactive ketones (excluding diaryl/α,β-unsaturated/α-hetero) is 1. The predicted molar refractivity (Wildman–Crippen MR) is 94.4 cm³/mol. The summed E-state index contributed by atoms with van der Waals surface area (Å²) in [6, 6.07) is 13.0. The van der Waals surface area contributed by atoms with E-state index < -0.39 is 17.9 Å². The lowest BCUT2D eigenvalue weighted by Gasteiger charge is -2.15. The van der Waals surface area contributed by atoms with E-state index in [1.54, 1.807) is 36.4 Å². The standard InChI is InChI=1S/C20H21NO4/c1-13-8-9-14(2)16(12-13)17(22)10-11-18(23)21-19(20(24)25)15-6-4-3-5-7-15/h3-9,12,19H,10-11H2,1-2H3,(H,21,23)(H,24,25)/t19-/m0/s1. The van der Waals surface area contributed by atoms with Gasteiger partial charge in [0.05, 0.1) is 0 Å². The highest BCUT2D eigenvalue weighted by Gasteiger charge is 2.22. The van der Waals surface area contributed by atoms with Gasteiger partial charge in [-0.2, -0.15) is 0 Å². The van der Waals surface area contributed by atoms with Crippen molar-refractivity contribution in [2.24, 2.45) is 0 Å². The zero-order valence-corrected chi connectivity index (χ0v) is 14.3. The molecule has 0 saturated heterocycles. The maximum absolute atomic E-state index is 12.3. The third kappa shape index (κ3) is 5.01. The molecule has 2 aromatic rings. The highest BCUT2D eigenvalue weighted by Crippen LogP contribution is 2.15. The van der Waals surface area contributed by atoms with Crippen molar-refractivity contribution >= 4 is 17.7 Å². The number of aliphatic carboxylic acids is 1. The molecule has 0 heterocycles. The molecular weight excluding hydrogens is 318 g/mol. The zero-order valence-electron chi connectivity index (χ0n) is 14.3. The minimum absolute atomic E-state index is 0.0389. The van der Waals surface area contributed by atoms with Crippen molar-refractivity contribution in [3.63, 3.8) is 0 Å². The van der Waals surface area contributed by atoms with Gasteiger partial charge in [0.1, 0.15) is 0 Å². The molecule has 5 heteroatoms. The van der Waals surface area contributed by atoms with E-state index in [1.807, 2.05) is 26.0 Å². The van der Waals surface area contributed by atoms with Gasteiger partial charge in [-0.3, -0.25) is 9.59 Å². The second kappa shape index (κ2) is 8.24. The Morgan fingerprint density at radius 2 is 1.68 bits per heavy atom. The predicted octanol–water partition coefficient (Wildman–Crippen LogP) is 3.21. The van der Waals surface area contributed by atoms with Crippen LogP contribution < -0.4 is 5.32 Å². The SMILES string of the molecule is Cc1ccc(C)c(C(=O)CCC(=O)N[C@H](C(=O)O)c2ccccc2)c1. The summed E-state index contributed by atoms with van der Waals surface area (Å²) < 4.78 is 0. The summed E-state index contributed by atoms with van der Waals surface area (Å²) in [4.78, 5) is 35.8. The van der Waals surface area contributed by atoms with Crippen LogP contribution in [-0.4, -0.2) is 22.8 Å². The molecule has 5 nitrogen and oxygen atoms in total. The number of carboxylic acid groups (broad SMARTS) is 1. The molecular formula is C20H21NO4. The zero-order chi connectivity index (χ0) is 18.4. The second-order valence-electron chi connectivity index (χ2n) is 5.99. The van der Waals surface area contributed by atoms with E-state index in [0.29, 0.717) is 11.1 Å². The monoisotopic (exact) mass is 339 g/mol. The van der Waals surface area contributed by atoms with E-state index in [4.69, 9.17) is 0 Å². The first kappa shape index (κ1) is 18.4. The molecule has 0 aliphatic carbocycles. The van der Waals surface area contributed by atoms with E-state index in [2.05, 4.69) is 5.32 Å². The molecule has 0 aromatic heterocycles. The molecule has 1 amide bonds. The summed E-state index contributed by atoms with van der Waals surface area (Å²) in [5, 5.41) is 11.8. The maximum atomic E-state index is 12.3. The van der Waals surface area contributed by atoms with Crippen LogP contribution in [0.3, 0.4) is 0 Å². The summed E-state index contributed by atoms with van der Waals surface area (Å²) in [5.74, 6) is -1.72. The number of aryl methyl sites for hydroxylation is 2. The highest BCUT2D eigenvalue weighted by atomic mass is 16.4. The topological polar surface area (TPSA) is 83.5 Å². The fourth-order valence-electron chi connectivity index (χ4n) is 2.56. The number of hydrogen-bond acceptors (Lipinski definition) is 3. The Bertz CT molecular complexity index is 784. The molecule has 130 valence electrons. The van der Waals surface area contributed by atoms with Gasteiger partial charge >= 0.3 is 5.97 Å². The number of nitrogens with one attached hydrogen (secondary N) is 1. The molecule has 25 heavy (non-hydrogen) atoms. The smallest absolute Gasteiger partial charge is 0.330 e. The summed E-state index contributed by atoms with van der Waals surface area (Å²) >= 11 is 0. The molecule has 0 saturated carbocycles. The van der Waals surface area contributed by atoms with Crippen LogP contribution in [0.4, 0.5) is 0 Å². The number of rotatable bonds is 7. The molecule has 0 bridgehead atoms. The number of hydrogen-bond donors (Lipinski definition) is 2. The summed E-state index contributed by atoms with van der Waals surface area (Å²) in [7, 11) is 0. The normalized spacial score (nSPS) is 11.6. The Kier molecular flexibility index (Phi) is 6.06. The maximum Gasteiger partial charge on any atom is 0.330 e. The average Bonchev–Trinajstić information content (AvgIpc) is 2.60. The molecule has 0 radical (unpaired) electrons. The summed E-state index contributed by atoms with van der Waals surface area (Å²) in [6.07, 6.45) is -0.0138. The van der Waals surface area contributed by atoms with Crippen LogP contribution in [-0.2, 0) is 9.59 Å². The van der Waals surface area contributed by atoms with Gasteiger partial charge in [-0.05, 0) is 31.0 Å². The summed E-state index contributed by atoms with van der Waals surface area (Å²) in [5.41, 5.74) is 2.94. The van der Waals surface area contributed by atoms with Crippen LogP contribution in [0.5, 0.6) is 0 Å². The molecule has 0 aliphatic heterocycles. The average molecular weight is 339 g/mol. The number of ketones is 1. The van der Waals surface area contributed by atoms with Gasteiger partial charge in [0.25, 0.3) is 0 Å². The second-order valence-corrected chi connectivity index (χ2v) is 5.99. The van der Waals surface area contributed by atoms with Crippen LogP contribution in [0.15, 0.2) is 48.5 Å². The van der Waals surface area contributed by atoms with Gasteiger partial charge in [0.2, 0.25) is 5.91 Å². The molecule has 1 atom stereocenters. The fourth-order valence-corrected chi connectivity index (χ4v) is 2.56. The van der Waals surface area contributed by atoms with Crippen LogP contribution in [0.2, 0.25) is 0 Å². The van der Waals surface area contributed by atoms with E-state index in [1.165, 1.54) is 0 Å². The Morgan fingerprint density at radius 1 is 1.00 bits per heavy atom.